The molecule has 2 heterocycles. The first-order chi connectivity index (χ1) is 8.95. The Morgan fingerprint density at radius 3 is 2.63 bits per heavy atom. The van der Waals surface area contributed by atoms with Crippen molar-refractivity contribution in [3.8, 4) is 0 Å². The zero-order valence-electron chi connectivity index (χ0n) is 10.5. The average molecular weight is 345 g/mol. The second-order valence-corrected chi connectivity index (χ2v) is 6.68. The van der Waals surface area contributed by atoms with Crippen molar-refractivity contribution in [2.24, 2.45) is 0 Å². The van der Waals surface area contributed by atoms with Gasteiger partial charge in [-0.05, 0) is 35.0 Å². The van der Waals surface area contributed by atoms with Crippen LogP contribution in [-0.4, -0.2) is 30.0 Å². The minimum absolute atomic E-state index is 0.0153. The van der Waals surface area contributed by atoms with Crippen LogP contribution in [0.3, 0.4) is 0 Å². The van der Waals surface area contributed by atoms with Crippen molar-refractivity contribution in [2.75, 3.05) is 11.4 Å². The van der Waals surface area contributed by atoms with Gasteiger partial charge in [-0.3, -0.25) is 4.31 Å². The zero-order chi connectivity index (χ0) is 14.0. The molecule has 0 atom stereocenters. The number of nitrogens with zero attached hydrogens (tertiary/aromatic N) is 4. The molecular weight excluding hydrogens is 332 g/mol. The fourth-order valence-electron chi connectivity index (χ4n) is 1.46. The van der Waals surface area contributed by atoms with Crippen LogP contribution in [0.15, 0.2) is 40.4 Å². The molecule has 19 heavy (non-hydrogen) atoms. The SMILES string of the molecule is CCn1cnc(S(=O)(=O)N(C)c2ccc(Br)cn2)c1. The number of pyridine rings is 1. The van der Waals surface area contributed by atoms with Crippen LogP contribution in [0, 0.1) is 0 Å². The van der Waals surface area contributed by atoms with Crippen molar-refractivity contribution in [1.29, 1.82) is 0 Å². The lowest BCUT2D eigenvalue weighted by atomic mass is 10.5. The Bertz CT molecular complexity index is 666. The van der Waals surface area contributed by atoms with Gasteiger partial charge in [-0.2, -0.15) is 8.42 Å². The van der Waals surface area contributed by atoms with E-state index >= 15 is 0 Å². The van der Waals surface area contributed by atoms with Crippen LogP contribution < -0.4 is 4.31 Å². The molecule has 102 valence electrons. The van der Waals surface area contributed by atoms with Crippen LogP contribution in [0.4, 0.5) is 5.82 Å². The number of imidazole rings is 1. The molecule has 0 saturated heterocycles. The lowest BCUT2D eigenvalue weighted by Crippen LogP contribution is -2.27. The Labute approximate surface area is 120 Å². The Kier molecular flexibility index (Phi) is 3.91. The molecule has 0 amide bonds. The highest BCUT2D eigenvalue weighted by molar-refractivity contribution is 9.10. The first kappa shape index (κ1) is 14.0. The largest absolute Gasteiger partial charge is 0.336 e. The summed E-state index contributed by atoms with van der Waals surface area (Å²) in [5.74, 6) is 0.342. The topological polar surface area (TPSA) is 68.1 Å². The van der Waals surface area contributed by atoms with Crippen molar-refractivity contribution in [2.45, 2.75) is 18.5 Å². The van der Waals surface area contributed by atoms with Crippen molar-refractivity contribution < 1.29 is 8.42 Å². The Morgan fingerprint density at radius 2 is 2.11 bits per heavy atom. The van der Waals surface area contributed by atoms with E-state index in [0.717, 1.165) is 8.78 Å². The quantitative estimate of drug-likeness (QED) is 0.849. The third-order valence-electron chi connectivity index (χ3n) is 2.63. The van der Waals surface area contributed by atoms with Gasteiger partial charge in [0.15, 0.2) is 5.03 Å². The summed E-state index contributed by atoms with van der Waals surface area (Å²) in [6.07, 6.45) is 4.55. The first-order valence-corrected chi connectivity index (χ1v) is 7.80. The molecule has 0 radical (unpaired) electrons. The Hall–Kier alpha value is -1.41. The molecule has 2 aromatic heterocycles. The number of anilines is 1. The predicted molar refractivity (Wildman–Crippen MR) is 75.4 cm³/mol. The standard InChI is InChI=1S/C11H13BrN4O2S/c1-3-16-7-11(14-8-16)19(17,18)15(2)10-5-4-9(12)6-13-10/h4-8H,3H2,1-2H3. The molecule has 0 unspecified atom stereocenters. The van der Waals surface area contributed by atoms with E-state index in [1.54, 1.807) is 22.9 Å². The lowest BCUT2D eigenvalue weighted by molar-refractivity contribution is 0.590. The Balaban J connectivity index is 2.36. The van der Waals surface area contributed by atoms with Crippen molar-refractivity contribution >= 4 is 31.8 Å². The average Bonchev–Trinajstić information content (AvgIpc) is 2.88. The van der Waals surface area contributed by atoms with Crippen LogP contribution in [0.5, 0.6) is 0 Å². The van der Waals surface area contributed by atoms with Crippen LogP contribution in [0.2, 0.25) is 0 Å². The molecule has 0 aliphatic carbocycles. The number of halogens is 1. The molecule has 0 aliphatic heterocycles. The maximum absolute atomic E-state index is 12.3. The maximum Gasteiger partial charge on any atom is 0.284 e. The van der Waals surface area contributed by atoms with Gasteiger partial charge in [-0.1, -0.05) is 0 Å². The van der Waals surface area contributed by atoms with Crippen LogP contribution in [0.25, 0.3) is 0 Å². The van der Waals surface area contributed by atoms with Gasteiger partial charge in [0.2, 0.25) is 0 Å². The lowest BCUT2D eigenvalue weighted by Gasteiger charge is -2.16. The fraction of sp³-hybridized carbons (Fsp3) is 0.273. The molecule has 0 bridgehead atoms. The molecule has 0 spiro atoms. The van der Waals surface area contributed by atoms with Gasteiger partial charge in [0.25, 0.3) is 10.0 Å². The van der Waals surface area contributed by atoms with Crippen molar-refractivity contribution in [3.05, 3.63) is 35.3 Å². The third kappa shape index (κ3) is 2.79. The summed E-state index contributed by atoms with van der Waals surface area (Å²) in [5, 5.41) is 0.0153. The van der Waals surface area contributed by atoms with Gasteiger partial charge >= 0.3 is 0 Å². The minimum Gasteiger partial charge on any atom is -0.336 e. The van der Waals surface area contributed by atoms with Gasteiger partial charge in [-0.25, -0.2) is 9.97 Å². The van der Waals surface area contributed by atoms with E-state index in [1.807, 2.05) is 6.92 Å². The normalized spacial score (nSPS) is 11.5. The van der Waals surface area contributed by atoms with E-state index in [4.69, 9.17) is 0 Å². The number of sulfonamides is 1. The highest BCUT2D eigenvalue weighted by Gasteiger charge is 2.24. The molecule has 2 rings (SSSR count). The number of aryl methyl sites for hydroxylation is 1. The second kappa shape index (κ2) is 5.30. The van der Waals surface area contributed by atoms with E-state index in [-0.39, 0.29) is 5.03 Å². The van der Waals surface area contributed by atoms with E-state index in [1.165, 1.54) is 19.6 Å². The molecule has 6 nitrogen and oxygen atoms in total. The molecule has 0 saturated carbocycles. The third-order valence-corrected chi connectivity index (χ3v) is 4.75. The number of aromatic nitrogens is 3. The molecule has 2 aromatic rings. The highest BCUT2D eigenvalue weighted by Crippen LogP contribution is 2.20. The van der Waals surface area contributed by atoms with Crippen LogP contribution >= 0.6 is 15.9 Å². The molecule has 8 heteroatoms. The highest BCUT2D eigenvalue weighted by atomic mass is 79.9. The van der Waals surface area contributed by atoms with Gasteiger partial charge in [0, 0.05) is 30.5 Å². The van der Waals surface area contributed by atoms with E-state index < -0.39 is 10.0 Å². The van der Waals surface area contributed by atoms with E-state index in [0.29, 0.717) is 12.4 Å². The Morgan fingerprint density at radius 1 is 1.37 bits per heavy atom. The van der Waals surface area contributed by atoms with Gasteiger partial charge in [0.1, 0.15) is 5.82 Å². The van der Waals surface area contributed by atoms with E-state index in [2.05, 4.69) is 25.9 Å². The summed E-state index contributed by atoms with van der Waals surface area (Å²) in [6.45, 7) is 2.58. The fourth-order valence-corrected chi connectivity index (χ4v) is 2.78. The summed E-state index contributed by atoms with van der Waals surface area (Å²) >= 11 is 3.26. The van der Waals surface area contributed by atoms with Crippen LogP contribution in [0.1, 0.15) is 6.92 Å². The van der Waals surface area contributed by atoms with E-state index in [9.17, 15) is 8.42 Å². The first-order valence-electron chi connectivity index (χ1n) is 5.57. The second-order valence-electron chi connectivity index (χ2n) is 3.85. The van der Waals surface area contributed by atoms with Gasteiger partial charge in [-0.15, -0.1) is 0 Å². The summed E-state index contributed by atoms with van der Waals surface area (Å²) in [7, 11) is -2.22. The predicted octanol–water partition coefficient (Wildman–Crippen LogP) is 1.89. The van der Waals surface area contributed by atoms with Gasteiger partial charge in [0.05, 0.1) is 6.33 Å². The monoisotopic (exact) mass is 344 g/mol. The van der Waals surface area contributed by atoms with Crippen molar-refractivity contribution in [1.82, 2.24) is 14.5 Å². The molecule has 0 aliphatic rings. The summed E-state index contributed by atoms with van der Waals surface area (Å²) in [6, 6.07) is 3.36. The summed E-state index contributed by atoms with van der Waals surface area (Å²) in [5.41, 5.74) is 0. The summed E-state index contributed by atoms with van der Waals surface area (Å²) in [4.78, 5) is 7.98. The number of hydrogen-bond donors (Lipinski definition) is 0. The zero-order valence-corrected chi connectivity index (χ0v) is 12.9. The molecule has 0 aromatic carbocycles. The van der Waals surface area contributed by atoms with Gasteiger partial charge < -0.3 is 4.57 Å². The maximum atomic E-state index is 12.3. The molecule has 0 fully saturated rings. The minimum atomic E-state index is -3.67. The molecular formula is C11H13BrN4O2S. The molecule has 0 N–H and O–H groups in total. The number of rotatable bonds is 4. The smallest absolute Gasteiger partial charge is 0.284 e. The summed E-state index contributed by atoms with van der Waals surface area (Å²) < 4.78 is 28.3. The van der Waals surface area contributed by atoms with Crippen molar-refractivity contribution in [3.63, 3.8) is 0 Å². The number of hydrogen-bond acceptors (Lipinski definition) is 4. The van der Waals surface area contributed by atoms with Crippen LogP contribution in [-0.2, 0) is 16.6 Å².